The van der Waals surface area contributed by atoms with Crippen LogP contribution in [0.4, 0.5) is 0 Å². The number of carbonyl (C=O) groups is 1. The molecule has 0 heterocycles. The second-order valence-electron chi connectivity index (χ2n) is 4.85. The second kappa shape index (κ2) is 4.21. The Bertz CT molecular complexity index is 275. The Morgan fingerprint density at radius 3 is 2.67 bits per heavy atom. The standard InChI is InChI=1S/C11H19NO3/c1-7(2)6-15-12-5-9-8(3)11(9,4)10(13)14/h5,7-9H,6H2,1-4H3,(H,13,14). The summed E-state index contributed by atoms with van der Waals surface area (Å²) in [5.41, 5.74) is -0.648. The highest BCUT2D eigenvalue weighted by Gasteiger charge is 2.63. The molecule has 0 radical (unpaired) electrons. The molecule has 1 N–H and O–H groups in total. The molecule has 1 aliphatic rings. The van der Waals surface area contributed by atoms with E-state index in [0.717, 1.165) is 0 Å². The van der Waals surface area contributed by atoms with Gasteiger partial charge in [0.25, 0.3) is 0 Å². The molecule has 0 aliphatic heterocycles. The van der Waals surface area contributed by atoms with Crippen LogP contribution in [-0.4, -0.2) is 23.9 Å². The van der Waals surface area contributed by atoms with Gasteiger partial charge in [0.2, 0.25) is 0 Å². The summed E-state index contributed by atoms with van der Waals surface area (Å²) in [5.74, 6) is -0.177. The monoisotopic (exact) mass is 213 g/mol. The van der Waals surface area contributed by atoms with Gasteiger partial charge in [-0.25, -0.2) is 0 Å². The Balaban J connectivity index is 2.39. The summed E-state index contributed by atoms with van der Waals surface area (Å²) < 4.78 is 0. The third-order valence-electron chi connectivity index (χ3n) is 3.23. The smallest absolute Gasteiger partial charge is 0.310 e. The first-order valence-corrected chi connectivity index (χ1v) is 5.29. The highest BCUT2D eigenvalue weighted by molar-refractivity contribution is 5.86. The van der Waals surface area contributed by atoms with Crippen molar-refractivity contribution in [2.75, 3.05) is 6.61 Å². The van der Waals surface area contributed by atoms with Crippen LogP contribution in [0.5, 0.6) is 0 Å². The van der Waals surface area contributed by atoms with Gasteiger partial charge in [-0.05, 0) is 18.8 Å². The number of aliphatic carboxylic acids is 1. The molecule has 1 aliphatic carbocycles. The van der Waals surface area contributed by atoms with Gasteiger partial charge in [-0.1, -0.05) is 25.9 Å². The molecule has 0 bridgehead atoms. The summed E-state index contributed by atoms with van der Waals surface area (Å²) in [4.78, 5) is 16.0. The SMILES string of the molecule is CC(C)CON=CC1C(C)C1(C)C(=O)O. The Hall–Kier alpha value is -1.06. The average Bonchev–Trinajstić information content (AvgIpc) is 2.66. The Kier molecular flexibility index (Phi) is 3.37. The van der Waals surface area contributed by atoms with Gasteiger partial charge >= 0.3 is 5.97 Å². The molecule has 1 fully saturated rings. The summed E-state index contributed by atoms with van der Waals surface area (Å²) in [6.07, 6.45) is 1.63. The summed E-state index contributed by atoms with van der Waals surface area (Å²) in [5, 5.41) is 12.8. The fraction of sp³-hybridized carbons (Fsp3) is 0.818. The number of nitrogens with zero attached hydrogens (tertiary/aromatic N) is 1. The second-order valence-corrected chi connectivity index (χ2v) is 4.85. The van der Waals surface area contributed by atoms with Crippen LogP contribution >= 0.6 is 0 Å². The number of hydrogen-bond acceptors (Lipinski definition) is 3. The van der Waals surface area contributed by atoms with E-state index in [0.29, 0.717) is 12.5 Å². The van der Waals surface area contributed by atoms with Crippen LogP contribution in [-0.2, 0) is 9.63 Å². The van der Waals surface area contributed by atoms with E-state index in [2.05, 4.69) is 5.16 Å². The highest BCUT2D eigenvalue weighted by Crippen LogP contribution is 2.57. The van der Waals surface area contributed by atoms with E-state index in [4.69, 9.17) is 9.94 Å². The van der Waals surface area contributed by atoms with E-state index in [9.17, 15) is 4.79 Å². The topological polar surface area (TPSA) is 58.9 Å². The average molecular weight is 213 g/mol. The van der Waals surface area contributed by atoms with Crippen molar-refractivity contribution in [1.82, 2.24) is 0 Å². The molecule has 1 saturated carbocycles. The quantitative estimate of drug-likeness (QED) is 0.561. The summed E-state index contributed by atoms with van der Waals surface area (Å²) >= 11 is 0. The van der Waals surface area contributed by atoms with E-state index < -0.39 is 11.4 Å². The molecule has 0 saturated heterocycles. The fourth-order valence-corrected chi connectivity index (χ4v) is 1.69. The van der Waals surface area contributed by atoms with Crippen LogP contribution in [0.2, 0.25) is 0 Å². The zero-order valence-corrected chi connectivity index (χ0v) is 9.73. The van der Waals surface area contributed by atoms with Crippen LogP contribution in [0, 0.1) is 23.2 Å². The predicted octanol–water partition coefficient (Wildman–Crippen LogP) is 2.00. The minimum absolute atomic E-state index is 0.00200. The van der Waals surface area contributed by atoms with Crippen molar-refractivity contribution < 1.29 is 14.7 Å². The molecule has 4 heteroatoms. The zero-order valence-electron chi connectivity index (χ0n) is 9.73. The predicted molar refractivity (Wildman–Crippen MR) is 57.7 cm³/mol. The van der Waals surface area contributed by atoms with Gasteiger partial charge < -0.3 is 9.94 Å². The van der Waals surface area contributed by atoms with Gasteiger partial charge in [0.1, 0.15) is 6.61 Å². The van der Waals surface area contributed by atoms with Gasteiger partial charge in [0, 0.05) is 12.1 Å². The first-order chi connectivity index (χ1) is 6.90. The number of carboxylic acid groups (broad SMARTS) is 1. The van der Waals surface area contributed by atoms with Gasteiger partial charge in [-0.15, -0.1) is 0 Å². The summed E-state index contributed by atoms with van der Waals surface area (Å²) in [6.45, 7) is 8.32. The number of oxime groups is 1. The molecule has 3 atom stereocenters. The molecule has 86 valence electrons. The molecule has 0 amide bonds. The molecule has 1 rings (SSSR count). The normalized spacial score (nSPS) is 34.7. The molecule has 0 aromatic carbocycles. The van der Waals surface area contributed by atoms with Crippen LogP contribution in [0.1, 0.15) is 27.7 Å². The third kappa shape index (κ3) is 2.30. The first-order valence-electron chi connectivity index (χ1n) is 5.29. The summed E-state index contributed by atoms with van der Waals surface area (Å²) in [6, 6.07) is 0. The maximum Gasteiger partial charge on any atom is 0.310 e. The lowest BCUT2D eigenvalue weighted by atomic mass is 10.1. The van der Waals surface area contributed by atoms with Crippen molar-refractivity contribution in [3.05, 3.63) is 0 Å². The van der Waals surface area contributed by atoms with Crippen molar-refractivity contribution >= 4 is 12.2 Å². The molecule has 0 aromatic heterocycles. The van der Waals surface area contributed by atoms with Gasteiger partial charge in [-0.2, -0.15) is 0 Å². The van der Waals surface area contributed by atoms with Gasteiger partial charge in [-0.3, -0.25) is 4.79 Å². The molecule has 3 unspecified atom stereocenters. The van der Waals surface area contributed by atoms with Crippen molar-refractivity contribution in [2.24, 2.45) is 28.3 Å². The van der Waals surface area contributed by atoms with Crippen LogP contribution in [0.15, 0.2) is 5.16 Å². The largest absolute Gasteiger partial charge is 0.481 e. The Morgan fingerprint density at radius 1 is 1.67 bits per heavy atom. The maximum atomic E-state index is 10.9. The van der Waals surface area contributed by atoms with Crippen molar-refractivity contribution in [3.63, 3.8) is 0 Å². The molecule has 0 aromatic rings. The number of rotatable bonds is 5. The Morgan fingerprint density at radius 2 is 2.27 bits per heavy atom. The van der Waals surface area contributed by atoms with E-state index in [1.54, 1.807) is 13.1 Å². The minimum Gasteiger partial charge on any atom is -0.481 e. The van der Waals surface area contributed by atoms with Crippen molar-refractivity contribution in [3.8, 4) is 0 Å². The lowest BCUT2D eigenvalue weighted by Crippen LogP contribution is -2.14. The molecule has 15 heavy (non-hydrogen) atoms. The van der Waals surface area contributed by atoms with Crippen molar-refractivity contribution in [1.29, 1.82) is 0 Å². The van der Waals surface area contributed by atoms with E-state index in [-0.39, 0.29) is 11.8 Å². The molecular weight excluding hydrogens is 194 g/mol. The fourth-order valence-electron chi connectivity index (χ4n) is 1.69. The maximum absolute atomic E-state index is 10.9. The van der Waals surface area contributed by atoms with E-state index in [1.807, 2.05) is 20.8 Å². The number of carboxylic acids is 1. The molecular formula is C11H19NO3. The van der Waals surface area contributed by atoms with Crippen molar-refractivity contribution in [2.45, 2.75) is 27.7 Å². The molecule has 4 nitrogen and oxygen atoms in total. The third-order valence-corrected chi connectivity index (χ3v) is 3.23. The minimum atomic E-state index is -0.754. The number of hydrogen-bond donors (Lipinski definition) is 1. The Labute approximate surface area is 90.3 Å². The van der Waals surface area contributed by atoms with E-state index in [1.165, 1.54) is 0 Å². The lowest BCUT2D eigenvalue weighted by molar-refractivity contribution is -0.143. The lowest BCUT2D eigenvalue weighted by Gasteiger charge is -2.02. The van der Waals surface area contributed by atoms with Gasteiger partial charge in [0.15, 0.2) is 0 Å². The highest BCUT2D eigenvalue weighted by atomic mass is 16.6. The molecule has 0 spiro atoms. The van der Waals surface area contributed by atoms with Crippen LogP contribution in [0.25, 0.3) is 0 Å². The van der Waals surface area contributed by atoms with Crippen LogP contribution in [0.3, 0.4) is 0 Å². The van der Waals surface area contributed by atoms with E-state index >= 15 is 0 Å². The van der Waals surface area contributed by atoms with Gasteiger partial charge in [0.05, 0.1) is 5.41 Å². The first kappa shape index (κ1) is 12.0. The zero-order chi connectivity index (χ0) is 11.6. The van der Waals surface area contributed by atoms with Crippen LogP contribution < -0.4 is 0 Å². The summed E-state index contributed by atoms with van der Waals surface area (Å²) in [7, 11) is 0.